The second-order valence-electron chi connectivity index (χ2n) is 15.7. The summed E-state index contributed by atoms with van der Waals surface area (Å²) in [7, 11) is 4.54. The van der Waals surface area contributed by atoms with Crippen molar-refractivity contribution in [1.29, 1.82) is 0 Å². The Morgan fingerprint density at radius 1 is 0.569 bits per heavy atom. The Bertz CT molecular complexity index is 813. The lowest BCUT2D eigenvalue weighted by Gasteiger charge is -2.33. The largest absolute Gasteiger partial charge is 0.379 e. The van der Waals surface area contributed by atoms with Crippen molar-refractivity contribution < 1.29 is 9.47 Å². The molecule has 51 heavy (non-hydrogen) atoms. The molecule has 298 valence electrons. The fraction of sp³-hybridized carbons (Fsp3) is 0.830. The predicted molar refractivity (Wildman–Crippen MR) is 227 cm³/mol. The minimum atomic E-state index is 0.184. The van der Waals surface area contributed by atoms with Gasteiger partial charge in [0.05, 0.1) is 12.7 Å². The van der Waals surface area contributed by atoms with Crippen molar-refractivity contribution in [3.63, 3.8) is 0 Å². The highest BCUT2D eigenvalue weighted by Crippen LogP contribution is 2.17. The van der Waals surface area contributed by atoms with Crippen LogP contribution in [0, 0.1) is 5.92 Å². The number of likely N-dealkylation sites (N-methyl/N-ethyl adjacent to an activating group) is 1. The normalized spacial score (nSPS) is 15.6. The molecule has 0 saturated carbocycles. The van der Waals surface area contributed by atoms with Gasteiger partial charge in [-0.2, -0.15) is 0 Å². The van der Waals surface area contributed by atoms with Gasteiger partial charge in [-0.15, -0.1) is 0 Å². The average molecular weight is 713 g/mol. The Morgan fingerprint density at radius 3 is 1.49 bits per heavy atom. The fourth-order valence-corrected chi connectivity index (χ4v) is 7.01. The first-order valence-electron chi connectivity index (χ1n) is 22.3. The molecule has 0 aliphatic carbocycles. The molecule has 1 heterocycles. The van der Waals surface area contributed by atoms with Gasteiger partial charge in [-0.25, -0.2) is 0 Å². The fourth-order valence-electron chi connectivity index (χ4n) is 7.01. The van der Waals surface area contributed by atoms with Crippen LogP contribution in [0.3, 0.4) is 0 Å². The summed E-state index contributed by atoms with van der Waals surface area (Å²) in [6.07, 6.45) is 52.5. The molecular weight excluding hydrogens is 625 g/mol. The molecule has 0 bridgehead atoms. The minimum absolute atomic E-state index is 0.184. The molecule has 1 aliphatic rings. The predicted octanol–water partition coefficient (Wildman–Crippen LogP) is 13.3. The van der Waals surface area contributed by atoms with E-state index in [1.54, 1.807) is 0 Å². The summed E-state index contributed by atoms with van der Waals surface area (Å²) in [6.45, 7) is 11.7. The van der Waals surface area contributed by atoms with Gasteiger partial charge < -0.3 is 19.3 Å². The molecule has 0 radical (unpaired) electrons. The number of unbranched alkanes of at least 4 members (excludes halogenated alkanes) is 18. The van der Waals surface area contributed by atoms with E-state index in [-0.39, 0.29) is 6.10 Å². The second-order valence-corrected chi connectivity index (χ2v) is 15.7. The Morgan fingerprint density at radius 2 is 1.00 bits per heavy atom. The number of hydrogen-bond acceptors (Lipinski definition) is 4. The molecule has 0 aromatic carbocycles. The summed E-state index contributed by atoms with van der Waals surface area (Å²) in [4.78, 5) is 4.99. The van der Waals surface area contributed by atoms with E-state index in [2.05, 4.69) is 86.4 Å². The van der Waals surface area contributed by atoms with Crippen LogP contribution in [0.5, 0.6) is 0 Å². The number of piperidine rings is 1. The topological polar surface area (TPSA) is 24.9 Å². The summed E-state index contributed by atoms with van der Waals surface area (Å²) < 4.78 is 12.7. The molecule has 1 aliphatic heterocycles. The van der Waals surface area contributed by atoms with E-state index in [0.29, 0.717) is 0 Å². The summed E-state index contributed by atoms with van der Waals surface area (Å²) in [5.74, 6) is 0.818. The maximum atomic E-state index is 6.47. The van der Waals surface area contributed by atoms with Crippen LogP contribution in [-0.4, -0.2) is 76.0 Å². The summed E-state index contributed by atoms with van der Waals surface area (Å²) in [5, 5.41) is 0. The number of rotatable bonds is 37. The van der Waals surface area contributed by atoms with Crippen LogP contribution in [0.25, 0.3) is 0 Å². The molecule has 4 nitrogen and oxygen atoms in total. The van der Waals surface area contributed by atoms with Crippen molar-refractivity contribution in [3.05, 3.63) is 48.6 Å². The van der Waals surface area contributed by atoms with Crippen molar-refractivity contribution >= 4 is 0 Å². The van der Waals surface area contributed by atoms with E-state index in [1.165, 1.54) is 174 Å². The van der Waals surface area contributed by atoms with Gasteiger partial charge in [0.15, 0.2) is 0 Å². The summed E-state index contributed by atoms with van der Waals surface area (Å²) in [6, 6.07) is 0. The van der Waals surface area contributed by atoms with Gasteiger partial charge in [-0.05, 0) is 123 Å². The number of nitrogens with zero attached hydrogens (tertiary/aromatic N) is 2. The van der Waals surface area contributed by atoms with Crippen LogP contribution in [-0.2, 0) is 9.47 Å². The Hall–Kier alpha value is -1.20. The molecule has 1 unspecified atom stereocenters. The van der Waals surface area contributed by atoms with Crippen LogP contribution < -0.4 is 0 Å². The Labute approximate surface area is 320 Å². The van der Waals surface area contributed by atoms with Crippen molar-refractivity contribution in [3.8, 4) is 0 Å². The van der Waals surface area contributed by atoms with Crippen LogP contribution in [0.15, 0.2) is 48.6 Å². The van der Waals surface area contributed by atoms with Crippen molar-refractivity contribution in [2.24, 2.45) is 5.92 Å². The van der Waals surface area contributed by atoms with Gasteiger partial charge in [0.2, 0.25) is 0 Å². The molecule has 0 N–H and O–H groups in total. The van der Waals surface area contributed by atoms with E-state index in [1.807, 2.05) is 0 Å². The highest BCUT2D eigenvalue weighted by atomic mass is 16.5. The molecule has 4 heteroatoms. The smallest absolute Gasteiger partial charge is 0.0934 e. The molecule has 0 spiro atoms. The van der Waals surface area contributed by atoms with Gasteiger partial charge in [-0.1, -0.05) is 140 Å². The molecular formula is C47H88N2O2. The molecule has 0 aromatic rings. The third kappa shape index (κ3) is 34.3. The average Bonchev–Trinajstić information content (AvgIpc) is 3.13. The van der Waals surface area contributed by atoms with Crippen LogP contribution >= 0.6 is 0 Å². The minimum Gasteiger partial charge on any atom is -0.379 e. The Kier molecular flexibility index (Phi) is 36.1. The lowest BCUT2D eigenvalue weighted by molar-refractivity contribution is -0.0334. The lowest BCUT2D eigenvalue weighted by atomic mass is 9.96. The number of ether oxygens (including phenoxy) is 2. The molecule has 1 fully saturated rings. The monoisotopic (exact) mass is 713 g/mol. The standard InChI is InChI=1S/C47H88N2O2/c1-5-7-9-11-13-15-17-19-21-23-25-27-29-31-33-35-41-50-45-47(44-49(4)43-46-37-39-48(3)40-38-46)51-42-36-34-32-30-28-26-24-22-20-18-16-14-12-10-8-6-2/h13-16,19-22,46-47H,5-12,17-18,23-45H2,1-4H3/b15-13-,16-14-,21-19-,22-20-. The summed E-state index contributed by atoms with van der Waals surface area (Å²) >= 11 is 0. The van der Waals surface area contributed by atoms with Crippen molar-refractivity contribution in [2.45, 2.75) is 187 Å². The lowest BCUT2D eigenvalue weighted by Crippen LogP contribution is -2.40. The third-order valence-electron chi connectivity index (χ3n) is 10.4. The van der Waals surface area contributed by atoms with E-state index >= 15 is 0 Å². The van der Waals surface area contributed by atoms with Gasteiger partial charge in [0, 0.05) is 26.3 Å². The highest BCUT2D eigenvalue weighted by Gasteiger charge is 2.20. The quantitative estimate of drug-likeness (QED) is 0.0473. The van der Waals surface area contributed by atoms with E-state index in [0.717, 1.165) is 45.1 Å². The van der Waals surface area contributed by atoms with E-state index in [9.17, 15) is 0 Å². The van der Waals surface area contributed by atoms with Gasteiger partial charge in [0.25, 0.3) is 0 Å². The van der Waals surface area contributed by atoms with Crippen LogP contribution in [0.1, 0.15) is 181 Å². The zero-order valence-electron chi connectivity index (χ0n) is 34.8. The van der Waals surface area contributed by atoms with Crippen molar-refractivity contribution in [1.82, 2.24) is 9.80 Å². The zero-order chi connectivity index (χ0) is 36.7. The molecule has 0 amide bonds. The van der Waals surface area contributed by atoms with E-state index < -0.39 is 0 Å². The zero-order valence-corrected chi connectivity index (χ0v) is 34.8. The third-order valence-corrected chi connectivity index (χ3v) is 10.4. The molecule has 1 rings (SSSR count). The number of allylic oxidation sites excluding steroid dienone is 8. The first-order chi connectivity index (χ1) is 25.2. The maximum Gasteiger partial charge on any atom is 0.0934 e. The van der Waals surface area contributed by atoms with E-state index in [4.69, 9.17) is 9.47 Å². The highest BCUT2D eigenvalue weighted by molar-refractivity contribution is 4.93. The van der Waals surface area contributed by atoms with Crippen LogP contribution in [0.4, 0.5) is 0 Å². The maximum absolute atomic E-state index is 6.47. The number of hydrogen-bond donors (Lipinski definition) is 0. The Balaban J connectivity index is 2.14. The van der Waals surface area contributed by atoms with Gasteiger partial charge in [0.1, 0.15) is 0 Å². The number of likely N-dealkylation sites (tertiary alicyclic amines) is 1. The summed E-state index contributed by atoms with van der Waals surface area (Å²) in [5.41, 5.74) is 0. The molecule has 0 aromatic heterocycles. The van der Waals surface area contributed by atoms with Gasteiger partial charge in [-0.3, -0.25) is 0 Å². The second kappa shape index (κ2) is 38.5. The molecule has 1 atom stereocenters. The SMILES string of the molecule is CCCCC/C=C\C/C=C\CCCCCCCCOCC(CN(C)CC1CCN(C)CC1)OCCCCCCCC/C=C\C/C=C\CCCCC. The molecule has 1 saturated heterocycles. The van der Waals surface area contributed by atoms with Crippen LogP contribution in [0.2, 0.25) is 0 Å². The van der Waals surface area contributed by atoms with Gasteiger partial charge >= 0.3 is 0 Å². The first kappa shape index (κ1) is 47.8. The first-order valence-corrected chi connectivity index (χ1v) is 22.3. The van der Waals surface area contributed by atoms with Crippen molar-refractivity contribution in [2.75, 3.05) is 60.1 Å².